The number of aliphatic imine (C=N–C) groups is 1. The van der Waals surface area contributed by atoms with Crippen LogP contribution in [0.4, 0.5) is 0 Å². The lowest BCUT2D eigenvalue weighted by molar-refractivity contribution is -0.0502. The van der Waals surface area contributed by atoms with Crippen molar-refractivity contribution in [2.75, 3.05) is 46.4 Å². The average Bonchev–Trinajstić information content (AvgIpc) is 3.21. The van der Waals surface area contributed by atoms with Crippen molar-refractivity contribution >= 4 is 41.5 Å². The second-order valence-corrected chi connectivity index (χ2v) is 7.86. The standard InChI is InChI=1S/C22H28ClN5O2.HI/c1-24-22(26-10-12-30-21-18(23)8-5-9-25-21)28-15-19-20(16-28)29-13-11-27(19)14-17-6-3-2-4-7-17;/h2-9,19-20H,10-16H2,1H3,(H,24,26);1H. The summed E-state index contributed by atoms with van der Waals surface area (Å²) in [4.78, 5) is 13.4. The molecule has 2 aliphatic heterocycles. The molecule has 0 amide bonds. The minimum atomic E-state index is 0. The molecule has 0 radical (unpaired) electrons. The third-order valence-electron chi connectivity index (χ3n) is 5.50. The van der Waals surface area contributed by atoms with Gasteiger partial charge >= 0.3 is 0 Å². The summed E-state index contributed by atoms with van der Waals surface area (Å²) >= 11 is 6.08. The van der Waals surface area contributed by atoms with Gasteiger partial charge in [-0.25, -0.2) is 4.98 Å². The number of morpholine rings is 1. The van der Waals surface area contributed by atoms with Crippen molar-refractivity contribution in [2.45, 2.75) is 18.7 Å². The Balaban J connectivity index is 0.00000272. The molecule has 0 saturated carbocycles. The first-order valence-electron chi connectivity index (χ1n) is 10.3. The lowest BCUT2D eigenvalue weighted by Gasteiger charge is -2.36. The molecule has 2 fully saturated rings. The summed E-state index contributed by atoms with van der Waals surface area (Å²) in [5.41, 5.74) is 1.34. The Hall–Kier alpha value is -1.62. The number of aromatic nitrogens is 1. The lowest BCUT2D eigenvalue weighted by atomic mass is 10.1. The van der Waals surface area contributed by atoms with E-state index in [0.29, 0.717) is 30.1 Å². The van der Waals surface area contributed by atoms with Crippen molar-refractivity contribution < 1.29 is 9.47 Å². The van der Waals surface area contributed by atoms with Gasteiger partial charge in [0.05, 0.1) is 25.3 Å². The van der Waals surface area contributed by atoms with Crippen molar-refractivity contribution in [3.05, 3.63) is 59.2 Å². The van der Waals surface area contributed by atoms with Gasteiger partial charge in [-0.05, 0) is 17.7 Å². The minimum absolute atomic E-state index is 0. The molecule has 0 aliphatic carbocycles. The molecule has 31 heavy (non-hydrogen) atoms. The Morgan fingerprint density at radius 3 is 2.87 bits per heavy atom. The van der Waals surface area contributed by atoms with Crippen molar-refractivity contribution in [1.82, 2.24) is 20.1 Å². The fourth-order valence-corrected chi connectivity index (χ4v) is 4.24. The van der Waals surface area contributed by atoms with E-state index in [0.717, 1.165) is 38.7 Å². The quantitative estimate of drug-likeness (QED) is 0.255. The fourth-order valence-electron chi connectivity index (χ4n) is 4.07. The van der Waals surface area contributed by atoms with Crippen LogP contribution in [-0.2, 0) is 11.3 Å². The zero-order valence-electron chi connectivity index (χ0n) is 17.6. The van der Waals surface area contributed by atoms with Crippen LogP contribution in [0.2, 0.25) is 5.02 Å². The highest BCUT2D eigenvalue weighted by molar-refractivity contribution is 14.0. The molecule has 2 atom stereocenters. The number of likely N-dealkylation sites (tertiary alicyclic amines) is 1. The van der Waals surface area contributed by atoms with E-state index in [4.69, 9.17) is 21.1 Å². The highest BCUT2D eigenvalue weighted by Gasteiger charge is 2.41. The zero-order chi connectivity index (χ0) is 20.8. The molecule has 4 rings (SSSR count). The number of nitrogens with one attached hydrogen (secondary N) is 1. The lowest BCUT2D eigenvalue weighted by Crippen LogP contribution is -2.50. The predicted molar refractivity (Wildman–Crippen MR) is 133 cm³/mol. The van der Waals surface area contributed by atoms with Gasteiger partial charge in [-0.3, -0.25) is 9.89 Å². The molecule has 2 unspecified atom stereocenters. The summed E-state index contributed by atoms with van der Waals surface area (Å²) in [6, 6.07) is 14.5. The predicted octanol–water partition coefficient (Wildman–Crippen LogP) is 2.89. The van der Waals surface area contributed by atoms with Gasteiger partial charge in [-0.1, -0.05) is 41.9 Å². The summed E-state index contributed by atoms with van der Waals surface area (Å²) in [5, 5.41) is 3.90. The minimum Gasteiger partial charge on any atom is -0.475 e. The van der Waals surface area contributed by atoms with Crippen LogP contribution in [0.3, 0.4) is 0 Å². The van der Waals surface area contributed by atoms with E-state index in [-0.39, 0.29) is 30.1 Å². The normalized spacial score (nSPS) is 21.4. The molecule has 1 aromatic carbocycles. The summed E-state index contributed by atoms with van der Waals surface area (Å²) in [7, 11) is 1.81. The Bertz CT molecular complexity index is 857. The third-order valence-corrected chi connectivity index (χ3v) is 5.79. The number of hydrogen-bond donors (Lipinski definition) is 1. The molecule has 0 spiro atoms. The van der Waals surface area contributed by atoms with Gasteiger partial charge in [0, 0.05) is 39.4 Å². The van der Waals surface area contributed by atoms with Crippen LogP contribution in [0.1, 0.15) is 5.56 Å². The number of nitrogens with zero attached hydrogens (tertiary/aromatic N) is 4. The molecule has 2 saturated heterocycles. The van der Waals surface area contributed by atoms with Gasteiger partial charge in [0.15, 0.2) is 5.96 Å². The van der Waals surface area contributed by atoms with E-state index in [1.807, 2.05) is 7.05 Å². The van der Waals surface area contributed by atoms with Gasteiger partial charge in [-0.2, -0.15) is 0 Å². The number of fused-ring (bicyclic) bond motifs is 1. The SMILES string of the molecule is CN=C(NCCOc1ncccc1Cl)N1CC2OCCN(Cc3ccccc3)C2C1.I. The topological polar surface area (TPSA) is 62.2 Å². The average molecular weight is 558 g/mol. The Morgan fingerprint density at radius 1 is 1.26 bits per heavy atom. The van der Waals surface area contributed by atoms with Crippen LogP contribution < -0.4 is 10.1 Å². The van der Waals surface area contributed by atoms with E-state index in [2.05, 4.69) is 55.4 Å². The Labute approximate surface area is 205 Å². The molecule has 1 aromatic heterocycles. The molecule has 2 aromatic rings. The molecule has 168 valence electrons. The van der Waals surface area contributed by atoms with Crippen molar-refractivity contribution in [3.8, 4) is 5.88 Å². The maximum atomic E-state index is 6.08. The van der Waals surface area contributed by atoms with Crippen LogP contribution in [0.25, 0.3) is 0 Å². The summed E-state index contributed by atoms with van der Waals surface area (Å²) in [6.07, 6.45) is 1.87. The Kier molecular flexibility index (Phi) is 9.18. The first kappa shape index (κ1) is 24.0. The van der Waals surface area contributed by atoms with Gasteiger partial charge in [0.25, 0.3) is 0 Å². The first-order valence-corrected chi connectivity index (χ1v) is 10.7. The summed E-state index contributed by atoms with van der Waals surface area (Å²) in [5.74, 6) is 1.32. The number of pyridine rings is 1. The van der Waals surface area contributed by atoms with Crippen molar-refractivity contribution in [3.63, 3.8) is 0 Å². The highest BCUT2D eigenvalue weighted by atomic mass is 127. The van der Waals surface area contributed by atoms with Crippen LogP contribution in [0.15, 0.2) is 53.7 Å². The highest BCUT2D eigenvalue weighted by Crippen LogP contribution is 2.24. The number of benzene rings is 1. The smallest absolute Gasteiger partial charge is 0.232 e. The fraction of sp³-hybridized carbons (Fsp3) is 0.455. The van der Waals surface area contributed by atoms with Crippen LogP contribution in [0.5, 0.6) is 5.88 Å². The molecule has 2 aliphatic rings. The monoisotopic (exact) mass is 557 g/mol. The maximum Gasteiger partial charge on any atom is 0.232 e. The largest absolute Gasteiger partial charge is 0.475 e. The third kappa shape index (κ3) is 6.21. The van der Waals surface area contributed by atoms with E-state index in [1.165, 1.54) is 5.56 Å². The van der Waals surface area contributed by atoms with Crippen molar-refractivity contribution in [2.24, 2.45) is 4.99 Å². The number of guanidine groups is 1. The van der Waals surface area contributed by atoms with Crippen LogP contribution >= 0.6 is 35.6 Å². The molecule has 1 N–H and O–H groups in total. The first-order chi connectivity index (χ1) is 14.7. The molecular formula is C22H29ClIN5O2. The second kappa shape index (κ2) is 11.8. The molecule has 0 bridgehead atoms. The number of ether oxygens (including phenoxy) is 2. The molecule has 3 heterocycles. The van der Waals surface area contributed by atoms with Crippen LogP contribution in [0, 0.1) is 0 Å². The van der Waals surface area contributed by atoms with Gasteiger partial charge in [-0.15, -0.1) is 24.0 Å². The zero-order valence-corrected chi connectivity index (χ0v) is 20.7. The van der Waals surface area contributed by atoms with E-state index in [1.54, 1.807) is 18.3 Å². The van der Waals surface area contributed by atoms with Crippen molar-refractivity contribution in [1.29, 1.82) is 0 Å². The number of hydrogen-bond acceptors (Lipinski definition) is 5. The number of rotatable bonds is 6. The van der Waals surface area contributed by atoms with E-state index in [9.17, 15) is 0 Å². The van der Waals surface area contributed by atoms with Gasteiger partial charge < -0.3 is 19.7 Å². The van der Waals surface area contributed by atoms with Gasteiger partial charge in [0.1, 0.15) is 11.6 Å². The van der Waals surface area contributed by atoms with Gasteiger partial charge in [0.2, 0.25) is 5.88 Å². The number of halogens is 2. The molecule has 7 nitrogen and oxygen atoms in total. The van der Waals surface area contributed by atoms with Crippen LogP contribution in [-0.4, -0.2) is 79.3 Å². The van der Waals surface area contributed by atoms with E-state index >= 15 is 0 Å². The summed E-state index contributed by atoms with van der Waals surface area (Å²) < 4.78 is 11.7. The Morgan fingerprint density at radius 2 is 2.10 bits per heavy atom. The molecular weight excluding hydrogens is 529 g/mol. The maximum absolute atomic E-state index is 6.08. The summed E-state index contributed by atoms with van der Waals surface area (Å²) in [6.45, 7) is 5.46. The second-order valence-electron chi connectivity index (χ2n) is 7.45. The molecule has 9 heteroatoms. The van der Waals surface area contributed by atoms with E-state index < -0.39 is 0 Å².